The zero-order chi connectivity index (χ0) is 10.4. The summed E-state index contributed by atoms with van der Waals surface area (Å²) in [6.07, 6.45) is 0.311. The molecule has 0 radical (unpaired) electrons. The van der Waals surface area contributed by atoms with Crippen molar-refractivity contribution in [3.05, 3.63) is 18.2 Å². The number of nitrogens with one attached hydrogen (secondary N) is 2. The van der Waals surface area contributed by atoms with Crippen molar-refractivity contribution in [2.75, 3.05) is 24.2 Å². The van der Waals surface area contributed by atoms with Gasteiger partial charge in [-0.25, -0.2) is 4.98 Å². The van der Waals surface area contributed by atoms with E-state index in [9.17, 15) is 4.79 Å². The lowest BCUT2D eigenvalue weighted by Gasteiger charge is -2.05. The van der Waals surface area contributed by atoms with Gasteiger partial charge in [0.15, 0.2) is 0 Å². The molecule has 1 amide bonds. The van der Waals surface area contributed by atoms with Crippen molar-refractivity contribution in [1.29, 1.82) is 0 Å². The molecule has 0 aliphatic carbocycles. The fourth-order valence-electron chi connectivity index (χ4n) is 0.986. The normalized spacial score (nSPS) is 9.50. The Morgan fingerprint density at radius 3 is 2.86 bits per heavy atom. The number of hydrogen-bond acceptors (Lipinski definition) is 4. The molecule has 5 heteroatoms. The molecule has 0 aliphatic rings. The highest BCUT2D eigenvalue weighted by atomic mass is 16.1. The number of nitrogens with two attached hydrogens (primary N) is 1. The van der Waals surface area contributed by atoms with Crippen molar-refractivity contribution in [2.45, 2.75) is 6.42 Å². The Hall–Kier alpha value is -1.78. The Labute approximate surface area is 82.7 Å². The van der Waals surface area contributed by atoms with Crippen LogP contribution in [0.1, 0.15) is 6.42 Å². The quantitative estimate of drug-likeness (QED) is 0.634. The summed E-state index contributed by atoms with van der Waals surface area (Å²) >= 11 is 0. The van der Waals surface area contributed by atoms with E-state index >= 15 is 0 Å². The first-order valence-corrected chi connectivity index (χ1v) is 4.39. The summed E-state index contributed by atoms with van der Waals surface area (Å²) in [5.41, 5.74) is 5.00. The Bertz CT molecular complexity index is 313. The third-order valence-corrected chi connectivity index (χ3v) is 1.68. The highest BCUT2D eigenvalue weighted by Gasteiger charge is 1.96. The van der Waals surface area contributed by atoms with Crippen molar-refractivity contribution < 1.29 is 4.79 Å². The zero-order valence-corrected chi connectivity index (χ0v) is 8.08. The van der Waals surface area contributed by atoms with Crippen LogP contribution >= 0.6 is 0 Å². The van der Waals surface area contributed by atoms with Gasteiger partial charge in [-0.2, -0.15) is 0 Å². The van der Waals surface area contributed by atoms with E-state index in [4.69, 9.17) is 5.73 Å². The maximum atomic E-state index is 10.5. The highest BCUT2D eigenvalue weighted by Crippen LogP contribution is 2.07. The Kier molecular flexibility index (Phi) is 3.72. The summed E-state index contributed by atoms with van der Waals surface area (Å²) in [7, 11) is 1.80. The van der Waals surface area contributed by atoms with Crippen LogP contribution in [0.3, 0.4) is 0 Å². The molecule has 1 rings (SSSR count). The van der Waals surface area contributed by atoms with Gasteiger partial charge in [0.25, 0.3) is 0 Å². The van der Waals surface area contributed by atoms with E-state index in [1.165, 1.54) is 0 Å². The van der Waals surface area contributed by atoms with Crippen LogP contribution in [0.4, 0.5) is 11.6 Å². The average Bonchev–Trinajstić information content (AvgIpc) is 2.18. The molecule has 0 aliphatic heterocycles. The Balaban J connectivity index is 2.46. The molecule has 14 heavy (non-hydrogen) atoms. The van der Waals surface area contributed by atoms with Crippen molar-refractivity contribution in [3.8, 4) is 0 Å². The van der Waals surface area contributed by atoms with Crippen molar-refractivity contribution in [3.63, 3.8) is 0 Å². The summed E-state index contributed by atoms with van der Waals surface area (Å²) in [6.45, 7) is 0.509. The number of aromatic nitrogens is 1. The van der Waals surface area contributed by atoms with Crippen LogP contribution in [0, 0.1) is 0 Å². The number of hydrogen-bond donors (Lipinski definition) is 3. The van der Waals surface area contributed by atoms with Gasteiger partial charge in [-0.15, -0.1) is 0 Å². The lowest BCUT2D eigenvalue weighted by atomic mass is 10.4. The molecule has 1 heterocycles. The lowest BCUT2D eigenvalue weighted by Crippen LogP contribution is -2.16. The van der Waals surface area contributed by atoms with Crippen LogP contribution in [-0.2, 0) is 4.79 Å². The van der Waals surface area contributed by atoms with Gasteiger partial charge in [0, 0.05) is 20.0 Å². The Morgan fingerprint density at radius 1 is 1.50 bits per heavy atom. The SMILES string of the molecule is CNc1cccc(NCCC(N)=O)n1. The number of nitrogens with zero attached hydrogens (tertiary/aromatic N) is 1. The van der Waals surface area contributed by atoms with Crippen LogP contribution in [-0.4, -0.2) is 24.5 Å². The highest BCUT2D eigenvalue weighted by molar-refractivity contribution is 5.74. The van der Waals surface area contributed by atoms with Crippen LogP contribution in [0.5, 0.6) is 0 Å². The minimum Gasteiger partial charge on any atom is -0.373 e. The second kappa shape index (κ2) is 5.06. The summed E-state index contributed by atoms with van der Waals surface area (Å²) in [6, 6.07) is 5.58. The molecule has 0 atom stereocenters. The van der Waals surface area contributed by atoms with Gasteiger partial charge >= 0.3 is 0 Å². The van der Waals surface area contributed by atoms with E-state index in [0.29, 0.717) is 13.0 Å². The van der Waals surface area contributed by atoms with E-state index in [1.807, 2.05) is 18.2 Å². The van der Waals surface area contributed by atoms with Crippen LogP contribution in [0.25, 0.3) is 0 Å². The molecule has 1 aromatic heterocycles. The predicted octanol–water partition coefficient (Wildman–Crippen LogP) is 0.411. The van der Waals surface area contributed by atoms with Crippen LogP contribution in [0.2, 0.25) is 0 Å². The fourth-order valence-corrected chi connectivity index (χ4v) is 0.986. The van der Waals surface area contributed by atoms with E-state index in [2.05, 4.69) is 15.6 Å². The van der Waals surface area contributed by atoms with E-state index in [-0.39, 0.29) is 5.91 Å². The summed E-state index contributed by atoms with van der Waals surface area (Å²) in [5, 5.41) is 5.92. The number of carbonyl (C=O) groups is 1. The molecule has 76 valence electrons. The molecule has 0 fully saturated rings. The molecule has 0 unspecified atom stereocenters. The van der Waals surface area contributed by atoms with Gasteiger partial charge in [0.05, 0.1) is 0 Å². The molecule has 0 saturated heterocycles. The maximum Gasteiger partial charge on any atom is 0.219 e. The topological polar surface area (TPSA) is 80.0 Å². The number of rotatable bonds is 5. The molecular formula is C9H14N4O. The van der Waals surface area contributed by atoms with Crippen molar-refractivity contribution in [1.82, 2.24) is 4.98 Å². The standard InChI is InChI=1S/C9H14N4O/c1-11-8-3-2-4-9(13-8)12-6-5-7(10)14/h2-4H,5-6H2,1H3,(H2,10,14)(H2,11,12,13). The largest absolute Gasteiger partial charge is 0.373 e. The Morgan fingerprint density at radius 2 is 2.21 bits per heavy atom. The average molecular weight is 194 g/mol. The smallest absolute Gasteiger partial charge is 0.219 e. The minimum absolute atomic E-state index is 0.311. The van der Waals surface area contributed by atoms with Gasteiger partial charge in [-0.1, -0.05) is 6.07 Å². The second-order valence-corrected chi connectivity index (χ2v) is 2.80. The van der Waals surface area contributed by atoms with Gasteiger partial charge in [0.2, 0.25) is 5.91 Å². The van der Waals surface area contributed by atoms with Crippen molar-refractivity contribution >= 4 is 17.5 Å². The molecule has 5 nitrogen and oxygen atoms in total. The first-order valence-electron chi connectivity index (χ1n) is 4.39. The van der Waals surface area contributed by atoms with E-state index in [1.54, 1.807) is 7.05 Å². The summed E-state index contributed by atoms with van der Waals surface area (Å²) in [4.78, 5) is 14.7. The molecule has 4 N–H and O–H groups in total. The number of anilines is 2. The van der Waals surface area contributed by atoms with Crippen LogP contribution < -0.4 is 16.4 Å². The van der Waals surface area contributed by atoms with Gasteiger partial charge < -0.3 is 16.4 Å². The van der Waals surface area contributed by atoms with Gasteiger partial charge in [-0.3, -0.25) is 4.79 Å². The molecule has 0 saturated carbocycles. The third kappa shape index (κ3) is 3.30. The molecule has 1 aromatic rings. The van der Waals surface area contributed by atoms with Crippen molar-refractivity contribution in [2.24, 2.45) is 5.73 Å². The molecule has 0 bridgehead atoms. The molecule has 0 aromatic carbocycles. The number of carbonyl (C=O) groups excluding carboxylic acids is 1. The third-order valence-electron chi connectivity index (χ3n) is 1.68. The minimum atomic E-state index is -0.317. The van der Waals surface area contributed by atoms with E-state index < -0.39 is 0 Å². The van der Waals surface area contributed by atoms with Gasteiger partial charge in [0.1, 0.15) is 11.6 Å². The first kappa shape index (κ1) is 10.3. The second-order valence-electron chi connectivity index (χ2n) is 2.80. The number of pyridine rings is 1. The van der Waals surface area contributed by atoms with Crippen LogP contribution in [0.15, 0.2) is 18.2 Å². The van der Waals surface area contributed by atoms with E-state index in [0.717, 1.165) is 11.6 Å². The summed E-state index contributed by atoms with van der Waals surface area (Å²) in [5.74, 6) is 1.20. The monoisotopic (exact) mass is 194 g/mol. The molecule has 0 spiro atoms. The fraction of sp³-hybridized carbons (Fsp3) is 0.333. The molecular weight excluding hydrogens is 180 g/mol. The summed E-state index contributed by atoms with van der Waals surface area (Å²) < 4.78 is 0. The van der Waals surface area contributed by atoms with Gasteiger partial charge in [-0.05, 0) is 12.1 Å². The first-order chi connectivity index (χ1) is 6.72. The number of amides is 1. The maximum absolute atomic E-state index is 10.5. The lowest BCUT2D eigenvalue weighted by molar-refractivity contribution is -0.117. The number of primary amides is 1. The predicted molar refractivity (Wildman–Crippen MR) is 56.1 cm³/mol. The zero-order valence-electron chi connectivity index (χ0n) is 8.08.